The lowest BCUT2D eigenvalue weighted by Crippen LogP contribution is -2.39. The van der Waals surface area contributed by atoms with Crippen LogP contribution in [0.1, 0.15) is 46.1 Å². The number of benzene rings is 1. The first-order chi connectivity index (χ1) is 12.0. The number of hydrogen-bond donors (Lipinski definition) is 3. The molecule has 0 heterocycles. The highest BCUT2D eigenvalue weighted by atomic mass is 127. The number of methoxy groups -OCH3 is 1. The Morgan fingerprint density at radius 1 is 1.19 bits per heavy atom. The smallest absolute Gasteiger partial charge is 0.221 e. The van der Waals surface area contributed by atoms with Crippen LogP contribution in [0.25, 0.3) is 0 Å². The normalized spacial score (nSPS) is 10.9. The molecule has 0 radical (unpaired) electrons. The van der Waals surface area contributed by atoms with E-state index < -0.39 is 0 Å². The van der Waals surface area contributed by atoms with Crippen LogP contribution in [0.2, 0.25) is 0 Å². The van der Waals surface area contributed by atoms with E-state index in [1.807, 2.05) is 18.2 Å². The average molecular weight is 476 g/mol. The monoisotopic (exact) mass is 476 g/mol. The second kappa shape index (κ2) is 13.7. The largest absolute Gasteiger partial charge is 0.495 e. The average Bonchev–Trinajstić information content (AvgIpc) is 2.60. The molecule has 0 unspecified atom stereocenters. The number of carbonyl (C=O) groups excluding carboxylic acids is 1. The third kappa shape index (κ3) is 8.73. The molecule has 1 rings (SSSR count). The van der Waals surface area contributed by atoms with Gasteiger partial charge in [0.1, 0.15) is 5.75 Å². The molecule has 0 atom stereocenters. The number of halogens is 1. The van der Waals surface area contributed by atoms with Crippen LogP contribution in [0, 0.1) is 5.92 Å². The Morgan fingerprint density at radius 2 is 1.88 bits per heavy atom. The van der Waals surface area contributed by atoms with Crippen LogP contribution in [-0.2, 0) is 11.3 Å². The highest BCUT2D eigenvalue weighted by Crippen LogP contribution is 2.25. The number of aliphatic imine (C=N–C) groups is 1. The summed E-state index contributed by atoms with van der Waals surface area (Å²) < 4.78 is 5.28. The van der Waals surface area contributed by atoms with Crippen LogP contribution in [0.4, 0.5) is 5.69 Å². The van der Waals surface area contributed by atoms with E-state index in [9.17, 15) is 4.79 Å². The molecule has 0 aliphatic heterocycles. The summed E-state index contributed by atoms with van der Waals surface area (Å²) in [6.07, 6.45) is 2.31. The van der Waals surface area contributed by atoms with Gasteiger partial charge in [-0.2, -0.15) is 0 Å². The summed E-state index contributed by atoms with van der Waals surface area (Å²) in [5.74, 6) is 1.98. The number of hydrogen-bond acceptors (Lipinski definition) is 3. The van der Waals surface area contributed by atoms with Crippen LogP contribution < -0.4 is 20.7 Å². The minimum Gasteiger partial charge on any atom is -0.495 e. The highest BCUT2D eigenvalue weighted by Gasteiger charge is 2.07. The van der Waals surface area contributed by atoms with Gasteiger partial charge in [-0.1, -0.05) is 32.8 Å². The quantitative estimate of drug-likeness (QED) is 0.288. The third-order valence-electron chi connectivity index (χ3n) is 4.05. The molecule has 6 nitrogen and oxygen atoms in total. The Balaban J connectivity index is 0.00000625. The van der Waals surface area contributed by atoms with Gasteiger partial charge in [0, 0.05) is 20.0 Å². The van der Waals surface area contributed by atoms with Crippen LogP contribution in [0.3, 0.4) is 0 Å². The van der Waals surface area contributed by atoms with Crippen molar-refractivity contribution in [2.45, 2.75) is 47.1 Å². The molecule has 26 heavy (non-hydrogen) atoms. The fourth-order valence-corrected chi connectivity index (χ4v) is 2.47. The molecule has 1 amide bonds. The van der Waals surface area contributed by atoms with Crippen molar-refractivity contribution in [1.82, 2.24) is 10.6 Å². The number of nitrogens with zero attached hydrogens (tertiary/aromatic N) is 1. The molecular formula is C19H33IN4O2. The minimum absolute atomic E-state index is 0. The van der Waals surface area contributed by atoms with Gasteiger partial charge in [-0.15, -0.1) is 24.0 Å². The molecule has 7 heteroatoms. The lowest BCUT2D eigenvalue weighted by Gasteiger charge is -2.16. The summed E-state index contributed by atoms with van der Waals surface area (Å²) in [7, 11) is 1.59. The predicted octanol–water partition coefficient (Wildman–Crippen LogP) is 3.76. The number of guanidine groups is 1. The van der Waals surface area contributed by atoms with E-state index >= 15 is 0 Å². The third-order valence-corrected chi connectivity index (χ3v) is 4.05. The number of ether oxygens (including phenoxy) is 1. The first kappa shape index (κ1) is 24.5. The predicted molar refractivity (Wildman–Crippen MR) is 120 cm³/mol. The molecule has 0 aromatic heterocycles. The maximum Gasteiger partial charge on any atom is 0.221 e. The van der Waals surface area contributed by atoms with Crippen LogP contribution in [0.15, 0.2) is 23.2 Å². The van der Waals surface area contributed by atoms with Crippen LogP contribution in [-0.4, -0.2) is 32.1 Å². The van der Waals surface area contributed by atoms with Crippen molar-refractivity contribution in [1.29, 1.82) is 0 Å². The molecular weight excluding hydrogens is 443 g/mol. The van der Waals surface area contributed by atoms with E-state index in [1.54, 1.807) is 7.11 Å². The molecule has 0 aliphatic rings. The lowest BCUT2D eigenvalue weighted by molar-refractivity contribution is -0.114. The van der Waals surface area contributed by atoms with Gasteiger partial charge in [0.15, 0.2) is 5.96 Å². The Hall–Kier alpha value is -1.51. The molecule has 0 saturated heterocycles. The Kier molecular flexibility index (Phi) is 12.9. The van der Waals surface area contributed by atoms with E-state index in [0.29, 0.717) is 23.9 Å². The molecule has 1 aromatic carbocycles. The van der Waals surface area contributed by atoms with Gasteiger partial charge in [0.2, 0.25) is 5.91 Å². The summed E-state index contributed by atoms with van der Waals surface area (Å²) in [5, 5.41) is 9.47. The van der Waals surface area contributed by atoms with Crippen LogP contribution in [0.5, 0.6) is 5.75 Å². The van der Waals surface area contributed by atoms with Gasteiger partial charge in [-0.05, 0) is 30.5 Å². The molecule has 0 spiro atoms. The number of amides is 1. The summed E-state index contributed by atoms with van der Waals surface area (Å²) in [5.41, 5.74) is 1.67. The zero-order valence-corrected chi connectivity index (χ0v) is 18.8. The van der Waals surface area contributed by atoms with E-state index in [1.165, 1.54) is 6.92 Å². The van der Waals surface area contributed by atoms with E-state index in [2.05, 4.69) is 41.7 Å². The van der Waals surface area contributed by atoms with E-state index in [4.69, 9.17) is 4.74 Å². The molecule has 0 saturated carbocycles. The second-order valence-electron chi connectivity index (χ2n) is 5.97. The van der Waals surface area contributed by atoms with E-state index in [-0.39, 0.29) is 29.9 Å². The minimum atomic E-state index is -0.126. The van der Waals surface area contributed by atoms with E-state index in [0.717, 1.165) is 37.5 Å². The lowest BCUT2D eigenvalue weighted by atomic mass is 10.0. The summed E-state index contributed by atoms with van der Waals surface area (Å²) in [6.45, 7) is 10.2. The summed E-state index contributed by atoms with van der Waals surface area (Å²) in [6, 6.07) is 5.70. The van der Waals surface area contributed by atoms with Gasteiger partial charge in [0.25, 0.3) is 0 Å². The highest BCUT2D eigenvalue weighted by molar-refractivity contribution is 14.0. The number of rotatable bonds is 9. The van der Waals surface area contributed by atoms with Crippen molar-refractivity contribution in [3.63, 3.8) is 0 Å². The van der Waals surface area contributed by atoms with Crippen molar-refractivity contribution >= 4 is 41.5 Å². The summed E-state index contributed by atoms with van der Waals surface area (Å²) in [4.78, 5) is 16.0. The van der Waals surface area contributed by atoms with Crippen LogP contribution >= 0.6 is 24.0 Å². The first-order valence-electron chi connectivity index (χ1n) is 9.00. The van der Waals surface area contributed by atoms with Crippen molar-refractivity contribution in [2.24, 2.45) is 10.9 Å². The maximum atomic E-state index is 11.3. The van der Waals surface area contributed by atoms with Gasteiger partial charge in [-0.3, -0.25) is 4.79 Å². The molecule has 0 fully saturated rings. The van der Waals surface area contributed by atoms with Gasteiger partial charge < -0.3 is 20.7 Å². The molecule has 0 aliphatic carbocycles. The Morgan fingerprint density at radius 3 is 2.42 bits per heavy atom. The zero-order chi connectivity index (χ0) is 18.7. The molecule has 1 aromatic rings. The van der Waals surface area contributed by atoms with Gasteiger partial charge in [0.05, 0.1) is 19.3 Å². The van der Waals surface area contributed by atoms with Crippen molar-refractivity contribution in [3.05, 3.63) is 23.8 Å². The fourth-order valence-electron chi connectivity index (χ4n) is 2.47. The zero-order valence-electron chi connectivity index (χ0n) is 16.5. The van der Waals surface area contributed by atoms with Crippen molar-refractivity contribution in [2.75, 3.05) is 25.5 Å². The first-order valence-corrected chi connectivity index (χ1v) is 9.00. The molecule has 3 N–H and O–H groups in total. The SMILES string of the molecule is CCNC(=NCc1ccc(OC)c(NC(C)=O)c1)NCC(CC)CC.I. The Labute approximate surface area is 174 Å². The fraction of sp³-hybridized carbons (Fsp3) is 0.579. The van der Waals surface area contributed by atoms with Gasteiger partial charge in [-0.25, -0.2) is 4.99 Å². The standard InChI is InChI=1S/C19H32N4O2.HI/c1-6-15(7-2)12-21-19(20-8-3)22-13-16-9-10-18(25-5)17(11-16)23-14(4)24;/h9-11,15H,6-8,12-13H2,1-5H3,(H,23,24)(H2,20,21,22);1H. The maximum absolute atomic E-state index is 11.3. The summed E-state index contributed by atoms with van der Waals surface area (Å²) >= 11 is 0. The topological polar surface area (TPSA) is 74.8 Å². The second-order valence-corrected chi connectivity index (χ2v) is 5.97. The van der Waals surface area contributed by atoms with Gasteiger partial charge >= 0.3 is 0 Å². The molecule has 0 bridgehead atoms. The Bertz CT molecular complexity index is 575. The van der Waals surface area contributed by atoms with Crippen molar-refractivity contribution < 1.29 is 9.53 Å². The van der Waals surface area contributed by atoms with Crippen molar-refractivity contribution in [3.8, 4) is 5.75 Å². The number of anilines is 1. The number of nitrogens with one attached hydrogen (secondary N) is 3. The number of carbonyl (C=O) groups is 1. The molecule has 148 valence electrons.